The molecular formula is C24H29N5O2S. The maximum absolute atomic E-state index is 12.6. The number of ether oxygens (including phenoxy) is 1. The van der Waals surface area contributed by atoms with Gasteiger partial charge in [-0.3, -0.25) is 14.5 Å². The lowest BCUT2D eigenvalue weighted by molar-refractivity contribution is -0.116. The van der Waals surface area contributed by atoms with E-state index in [4.69, 9.17) is 17.0 Å². The lowest BCUT2D eigenvalue weighted by atomic mass is 10.1. The van der Waals surface area contributed by atoms with Crippen molar-refractivity contribution in [3.8, 4) is 11.4 Å². The van der Waals surface area contributed by atoms with Crippen LogP contribution >= 0.6 is 12.2 Å². The average Bonchev–Trinajstić information content (AvgIpc) is 3.12. The second kappa shape index (κ2) is 9.67. The monoisotopic (exact) mass is 451 g/mol. The van der Waals surface area contributed by atoms with Gasteiger partial charge in [0.2, 0.25) is 5.91 Å². The molecule has 3 aromatic rings. The summed E-state index contributed by atoms with van der Waals surface area (Å²) in [5.41, 5.74) is 4.03. The Morgan fingerprint density at radius 3 is 2.59 bits per heavy atom. The van der Waals surface area contributed by atoms with Crippen LogP contribution in [0.25, 0.3) is 11.4 Å². The molecule has 1 amide bonds. The van der Waals surface area contributed by atoms with E-state index in [1.54, 1.807) is 0 Å². The van der Waals surface area contributed by atoms with Gasteiger partial charge in [-0.15, -0.1) is 0 Å². The van der Waals surface area contributed by atoms with Gasteiger partial charge in [0.05, 0.1) is 12.2 Å². The molecule has 0 radical (unpaired) electrons. The van der Waals surface area contributed by atoms with E-state index >= 15 is 0 Å². The highest BCUT2D eigenvalue weighted by atomic mass is 32.1. The van der Waals surface area contributed by atoms with Crippen LogP contribution in [0.2, 0.25) is 0 Å². The van der Waals surface area contributed by atoms with Gasteiger partial charge in [-0.2, -0.15) is 5.10 Å². The molecule has 7 nitrogen and oxygen atoms in total. The maximum atomic E-state index is 12.6. The molecule has 1 aliphatic rings. The predicted molar refractivity (Wildman–Crippen MR) is 129 cm³/mol. The Morgan fingerprint density at radius 2 is 1.91 bits per heavy atom. The third-order valence-electron chi connectivity index (χ3n) is 5.53. The van der Waals surface area contributed by atoms with Crippen molar-refractivity contribution in [1.82, 2.24) is 14.8 Å². The number of hydrogen-bond acceptors (Lipinski definition) is 5. The molecule has 168 valence electrons. The topological polar surface area (TPSA) is 75.2 Å². The van der Waals surface area contributed by atoms with Gasteiger partial charge < -0.3 is 15.0 Å². The lowest BCUT2D eigenvalue weighted by Gasteiger charge is -2.36. The number of morpholine rings is 1. The fraction of sp³-hybridized carbons (Fsp3) is 0.375. The summed E-state index contributed by atoms with van der Waals surface area (Å²) in [5, 5.41) is 10.2. The van der Waals surface area contributed by atoms with Gasteiger partial charge in [0.25, 0.3) is 0 Å². The molecule has 2 atom stereocenters. The molecule has 32 heavy (non-hydrogen) atoms. The SMILES string of the molecule is Cc1cccc(-c2n[nH]c(=S)n2CCC(=O)Nc2ccc(N3CC(C)OC(C)C3)cc2)c1. The fourth-order valence-electron chi connectivity index (χ4n) is 4.11. The Kier molecular flexibility index (Phi) is 6.72. The summed E-state index contributed by atoms with van der Waals surface area (Å²) in [6.45, 7) is 8.40. The van der Waals surface area contributed by atoms with Crippen LogP contribution in [0.15, 0.2) is 48.5 Å². The standard InChI is InChI=1S/C24H29N5O2S/c1-16-5-4-6-19(13-16)23-26-27-24(32)29(23)12-11-22(30)25-20-7-9-21(10-8-20)28-14-17(2)31-18(3)15-28/h4-10,13,17-18H,11-12,14-15H2,1-3H3,(H,25,30)(H,27,32). The highest BCUT2D eigenvalue weighted by Gasteiger charge is 2.22. The van der Waals surface area contributed by atoms with Crippen LogP contribution in [0, 0.1) is 11.7 Å². The van der Waals surface area contributed by atoms with Crippen molar-refractivity contribution in [2.24, 2.45) is 0 Å². The molecule has 0 saturated carbocycles. The molecule has 1 aliphatic heterocycles. The molecule has 0 spiro atoms. The smallest absolute Gasteiger partial charge is 0.226 e. The van der Waals surface area contributed by atoms with E-state index < -0.39 is 0 Å². The van der Waals surface area contributed by atoms with Crippen molar-refractivity contribution in [2.45, 2.75) is 45.9 Å². The van der Waals surface area contributed by atoms with Crippen LogP contribution in [0.1, 0.15) is 25.8 Å². The number of nitrogens with one attached hydrogen (secondary N) is 2. The number of aryl methyl sites for hydroxylation is 1. The number of H-pyrrole nitrogens is 1. The number of hydrogen-bond donors (Lipinski definition) is 2. The first kappa shape index (κ1) is 22.2. The fourth-order valence-corrected chi connectivity index (χ4v) is 4.33. The van der Waals surface area contributed by atoms with Crippen LogP contribution < -0.4 is 10.2 Å². The van der Waals surface area contributed by atoms with E-state index in [1.807, 2.05) is 54.0 Å². The van der Waals surface area contributed by atoms with Crippen LogP contribution in [0.5, 0.6) is 0 Å². The van der Waals surface area contributed by atoms with Crippen LogP contribution in [0.3, 0.4) is 0 Å². The molecule has 2 heterocycles. The molecule has 0 aliphatic carbocycles. The van der Waals surface area contributed by atoms with Crippen LogP contribution in [-0.4, -0.2) is 46.0 Å². The van der Waals surface area contributed by atoms with E-state index in [0.29, 0.717) is 17.7 Å². The molecule has 1 aromatic heterocycles. The van der Waals surface area contributed by atoms with Gasteiger partial charge in [-0.05, 0) is 63.3 Å². The van der Waals surface area contributed by atoms with Gasteiger partial charge in [0.15, 0.2) is 10.6 Å². The minimum atomic E-state index is -0.0651. The summed E-state index contributed by atoms with van der Waals surface area (Å²) < 4.78 is 8.18. The first-order chi connectivity index (χ1) is 15.4. The molecule has 4 rings (SSSR count). The molecule has 8 heteroatoms. The largest absolute Gasteiger partial charge is 0.372 e. The summed E-state index contributed by atoms with van der Waals surface area (Å²) in [6.07, 6.45) is 0.711. The Morgan fingerprint density at radius 1 is 1.19 bits per heavy atom. The quantitative estimate of drug-likeness (QED) is 0.538. The minimum absolute atomic E-state index is 0.0651. The Balaban J connectivity index is 1.37. The van der Waals surface area contributed by atoms with Gasteiger partial charge in [-0.25, -0.2) is 0 Å². The zero-order valence-corrected chi connectivity index (χ0v) is 19.5. The predicted octanol–water partition coefficient (Wildman–Crippen LogP) is 4.56. The molecule has 2 N–H and O–H groups in total. The third kappa shape index (κ3) is 5.26. The van der Waals surface area contributed by atoms with E-state index in [0.717, 1.165) is 41.4 Å². The number of aromatic nitrogens is 3. The average molecular weight is 452 g/mol. The number of aromatic amines is 1. The highest BCUT2D eigenvalue weighted by molar-refractivity contribution is 7.71. The summed E-state index contributed by atoms with van der Waals surface area (Å²) in [4.78, 5) is 14.9. The molecule has 2 aromatic carbocycles. The van der Waals surface area contributed by atoms with Crippen molar-refractivity contribution < 1.29 is 9.53 Å². The second-order valence-corrected chi connectivity index (χ2v) is 8.77. The van der Waals surface area contributed by atoms with Gasteiger partial charge >= 0.3 is 0 Å². The van der Waals surface area contributed by atoms with Gasteiger partial charge in [0, 0.05) is 43.0 Å². The van der Waals surface area contributed by atoms with Crippen molar-refractivity contribution >= 4 is 29.5 Å². The lowest BCUT2D eigenvalue weighted by Crippen LogP contribution is -2.45. The zero-order valence-electron chi connectivity index (χ0n) is 18.7. The molecular weight excluding hydrogens is 422 g/mol. The maximum Gasteiger partial charge on any atom is 0.226 e. The van der Waals surface area contributed by atoms with E-state index in [2.05, 4.69) is 40.3 Å². The van der Waals surface area contributed by atoms with Crippen molar-refractivity contribution in [2.75, 3.05) is 23.3 Å². The van der Waals surface area contributed by atoms with Crippen molar-refractivity contribution in [3.63, 3.8) is 0 Å². The third-order valence-corrected chi connectivity index (χ3v) is 5.84. The number of anilines is 2. The molecule has 2 unspecified atom stereocenters. The van der Waals surface area contributed by atoms with E-state index in [9.17, 15) is 4.79 Å². The normalized spacial score (nSPS) is 18.5. The summed E-state index contributed by atoms with van der Waals surface area (Å²) in [5.74, 6) is 0.675. The number of nitrogens with zero attached hydrogens (tertiary/aromatic N) is 3. The summed E-state index contributed by atoms with van der Waals surface area (Å²) >= 11 is 5.38. The number of rotatable bonds is 6. The van der Waals surface area contributed by atoms with Crippen LogP contribution in [-0.2, 0) is 16.1 Å². The first-order valence-electron chi connectivity index (χ1n) is 10.9. The number of benzene rings is 2. The van der Waals surface area contributed by atoms with Crippen LogP contribution in [0.4, 0.5) is 11.4 Å². The van der Waals surface area contributed by atoms with Crippen molar-refractivity contribution in [3.05, 3.63) is 58.9 Å². The Hall–Kier alpha value is -2.97. The van der Waals surface area contributed by atoms with Crippen molar-refractivity contribution in [1.29, 1.82) is 0 Å². The van der Waals surface area contributed by atoms with Gasteiger partial charge in [-0.1, -0.05) is 23.8 Å². The number of carbonyl (C=O) groups is 1. The molecule has 1 fully saturated rings. The molecule has 0 bridgehead atoms. The highest BCUT2D eigenvalue weighted by Crippen LogP contribution is 2.23. The number of carbonyl (C=O) groups excluding carboxylic acids is 1. The van der Waals surface area contributed by atoms with E-state index in [-0.39, 0.29) is 18.1 Å². The number of amides is 1. The summed E-state index contributed by atoms with van der Waals surface area (Å²) in [6, 6.07) is 16.0. The van der Waals surface area contributed by atoms with E-state index in [1.165, 1.54) is 0 Å². The second-order valence-electron chi connectivity index (χ2n) is 8.38. The van der Waals surface area contributed by atoms with Gasteiger partial charge in [0.1, 0.15) is 0 Å². The zero-order chi connectivity index (χ0) is 22.7. The Labute approximate surface area is 193 Å². The minimum Gasteiger partial charge on any atom is -0.372 e. The summed E-state index contributed by atoms with van der Waals surface area (Å²) in [7, 11) is 0. The first-order valence-corrected chi connectivity index (χ1v) is 11.3. The molecule has 1 saturated heterocycles. The Bertz CT molecular complexity index is 1130.